The quantitative estimate of drug-likeness (QED) is 0.0959. The van der Waals surface area contributed by atoms with Crippen molar-refractivity contribution in [2.75, 3.05) is 40.1 Å². The summed E-state index contributed by atoms with van der Waals surface area (Å²) < 4.78 is 48.2. The summed E-state index contributed by atoms with van der Waals surface area (Å²) in [6.07, 6.45) is -0.986. The molecule has 0 spiro atoms. The zero-order valence-corrected chi connectivity index (χ0v) is 25.9. The first-order valence-electron chi connectivity index (χ1n) is 14.2. The van der Waals surface area contributed by atoms with E-state index in [1.165, 1.54) is 24.0 Å². The Balaban J connectivity index is 1.73. The number of quaternary nitrogens is 1. The van der Waals surface area contributed by atoms with Gasteiger partial charge in [0, 0.05) is 12.7 Å². The molecule has 0 aliphatic rings. The van der Waals surface area contributed by atoms with E-state index in [-0.39, 0.29) is 17.3 Å². The summed E-state index contributed by atoms with van der Waals surface area (Å²) in [5.41, 5.74) is -0.285. The van der Waals surface area contributed by atoms with Crippen LogP contribution in [0.15, 0.2) is 77.0 Å². The van der Waals surface area contributed by atoms with Gasteiger partial charge in [0.15, 0.2) is 0 Å². The highest BCUT2D eigenvalue weighted by atomic mass is 19.4. The summed E-state index contributed by atoms with van der Waals surface area (Å²) in [7, 11) is 7.63. The first kappa shape index (κ1) is 33.5. The minimum atomic E-state index is -4.64. The molecule has 0 fully saturated rings. The van der Waals surface area contributed by atoms with E-state index in [1.54, 1.807) is 43.5 Å². The minimum Gasteiger partial charge on any atom is -0.443 e. The van der Waals surface area contributed by atoms with Crippen molar-refractivity contribution in [2.45, 2.75) is 25.6 Å². The van der Waals surface area contributed by atoms with E-state index >= 15 is 0 Å². The van der Waals surface area contributed by atoms with Crippen molar-refractivity contribution in [3.05, 3.63) is 101 Å². The number of alkyl halides is 3. The summed E-state index contributed by atoms with van der Waals surface area (Å²) in [6.45, 7) is 2.42. The van der Waals surface area contributed by atoms with Crippen LogP contribution in [0.5, 0.6) is 0 Å². The number of likely N-dealkylation sites (N-methyl/N-ethyl adjacent to an activating group) is 1. The molecule has 46 heavy (non-hydrogen) atoms. The van der Waals surface area contributed by atoms with E-state index in [4.69, 9.17) is 4.42 Å². The van der Waals surface area contributed by atoms with Gasteiger partial charge in [-0.3, -0.25) is 9.59 Å². The maximum atomic E-state index is 13.9. The van der Waals surface area contributed by atoms with Gasteiger partial charge in [0.05, 0.1) is 80.8 Å². The molecule has 0 saturated carbocycles. The molecular formula is C32H34F3N8O3+. The van der Waals surface area contributed by atoms with Crippen LogP contribution >= 0.6 is 0 Å². The lowest BCUT2D eigenvalue weighted by atomic mass is 10.1. The van der Waals surface area contributed by atoms with Gasteiger partial charge in [0.25, 0.3) is 11.8 Å². The summed E-state index contributed by atoms with van der Waals surface area (Å²) in [5.74, 6) is -0.975. The normalized spacial score (nSPS) is 12.9. The van der Waals surface area contributed by atoms with Crippen molar-refractivity contribution in [1.29, 1.82) is 5.26 Å². The summed E-state index contributed by atoms with van der Waals surface area (Å²) >= 11 is 0. The van der Waals surface area contributed by atoms with Crippen molar-refractivity contribution in [3.63, 3.8) is 0 Å². The van der Waals surface area contributed by atoms with E-state index in [2.05, 4.69) is 26.0 Å². The lowest BCUT2D eigenvalue weighted by Crippen LogP contribution is -2.36. The molecule has 2 aromatic heterocycles. The minimum absolute atomic E-state index is 0.0343. The monoisotopic (exact) mass is 635 g/mol. The fourth-order valence-corrected chi connectivity index (χ4v) is 4.47. The predicted molar refractivity (Wildman–Crippen MR) is 164 cm³/mol. The third-order valence-corrected chi connectivity index (χ3v) is 6.86. The highest BCUT2D eigenvalue weighted by Crippen LogP contribution is 2.31. The van der Waals surface area contributed by atoms with Gasteiger partial charge in [0.2, 0.25) is 5.89 Å². The maximum absolute atomic E-state index is 13.9. The molecule has 0 aliphatic heterocycles. The van der Waals surface area contributed by atoms with Crippen molar-refractivity contribution in [2.24, 2.45) is 0 Å². The molecule has 3 N–H and O–H groups in total. The molecule has 0 saturated heterocycles. The largest absolute Gasteiger partial charge is 0.443 e. The molecule has 2 aromatic carbocycles. The van der Waals surface area contributed by atoms with Crippen LogP contribution in [-0.4, -0.2) is 65.8 Å². The second-order valence-electron chi connectivity index (χ2n) is 11.4. The maximum Gasteiger partial charge on any atom is 0.416 e. The topological polar surface area (TPSA) is 138 Å². The first-order valence-corrected chi connectivity index (χ1v) is 14.2. The Morgan fingerprint density at radius 2 is 1.80 bits per heavy atom. The van der Waals surface area contributed by atoms with Gasteiger partial charge >= 0.3 is 6.18 Å². The number of carbonyl (C=O) groups is 2. The predicted octanol–water partition coefficient (Wildman–Crippen LogP) is 4.45. The highest BCUT2D eigenvalue weighted by molar-refractivity contribution is 6.27. The van der Waals surface area contributed by atoms with Gasteiger partial charge in [0.1, 0.15) is 17.4 Å². The molecule has 0 radical (unpaired) electrons. The number of nitrogens with zero attached hydrogens (tertiary/aromatic N) is 5. The Morgan fingerprint density at radius 1 is 1.09 bits per heavy atom. The third-order valence-electron chi connectivity index (χ3n) is 6.86. The molecule has 2 amide bonds. The standard InChI is InChI=1S/C32H33F3N8O3/c1-20(31-38-19-25(46-31)14-16-43(3,4)5)40-29(44)27(30(45)41-23-8-6-7-22(17-23)32(33,34)35)28(37-2)26-13-15-39-42(26)24-11-9-21(18-36)10-12-24/h6-13,15,17,19-20H,14,16H2,1-5H3,(H2-,37,40,41,44,45)/p+1/t20-/m0/s1. The molecule has 11 nitrogen and oxygen atoms in total. The van der Waals surface area contributed by atoms with Gasteiger partial charge in [-0.1, -0.05) is 6.07 Å². The summed E-state index contributed by atoms with van der Waals surface area (Å²) in [4.78, 5) is 32.0. The van der Waals surface area contributed by atoms with Crippen LogP contribution in [0, 0.1) is 11.3 Å². The van der Waals surface area contributed by atoms with Crippen LogP contribution in [0.25, 0.3) is 11.4 Å². The van der Waals surface area contributed by atoms with Crippen molar-refractivity contribution >= 4 is 23.2 Å². The number of hydrogen-bond acceptors (Lipinski definition) is 7. The second-order valence-corrected chi connectivity index (χ2v) is 11.4. The fraction of sp³-hybridized carbons (Fsp3) is 0.281. The Kier molecular flexibility index (Phi) is 9.97. The molecule has 14 heteroatoms. The van der Waals surface area contributed by atoms with E-state index in [9.17, 15) is 28.0 Å². The Morgan fingerprint density at radius 3 is 2.43 bits per heavy atom. The molecular weight excluding hydrogens is 601 g/mol. The smallest absolute Gasteiger partial charge is 0.416 e. The van der Waals surface area contributed by atoms with Crippen LogP contribution in [0.4, 0.5) is 18.9 Å². The number of carbonyl (C=O) groups excluding carboxylic acids is 2. The van der Waals surface area contributed by atoms with Crippen molar-refractivity contribution in [3.8, 4) is 11.8 Å². The molecule has 4 aromatic rings. The number of rotatable bonds is 11. The molecule has 240 valence electrons. The molecule has 0 aliphatic carbocycles. The van der Waals surface area contributed by atoms with Crippen LogP contribution < -0.4 is 16.0 Å². The lowest BCUT2D eigenvalue weighted by Gasteiger charge is -2.22. The number of nitriles is 1. The van der Waals surface area contributed by atoms with Gasteiger partial charge in [-0.2, -0.15) is 23.5 Å². The Bertz CT molecular complexity index is 1780. The average molecular weight is 636 g/mol. The van der Waals surface area contributed by atoms with E-state index < -0.39 is 35.2 Å². The first-order chi connectivity index (χ1) is 21.7. The third kappa shape index (κ3) is 8.19. The summed E-state index contributed by atoms with van der Waals surface area (Å²) in [5, 5.41) is 21.6. The number of aromatic nitrogens is 3. The Hall–Kier alpha value is -5.42. The average Bonchev–Trinajstić information content (AvgIpc) is 3.68. The fourth-order valence-electron chi connectivity index (χ4n) is 4.47. The van der Waals surface area contributed by atoms with E-state index in [0.717, 1.165) is 24.7 Å². The lowest BCUT2D eigenvalue weighted by molar-refractivity contribution is -0.870. The van der Waals surface area contributed by atoms with Gasteiger partial charge < -0.3 is 24.9 Å². The highest BCUT2D eigenvalue weighted by Gasteiger charge is 2.32. The van der Waals surface area contributed by atoms with Gasteiger partial charge in [-0.15, -0.1) is 0 Å². The number of benzene rings is 2. The zero-order valence-electron chi connectivity index (χ0n) is 25.9. The molecule has 0 unspecified atom stereocenters. The number of hydrogen-bond donors (Lipinski definition) is 3. The Labute approximate surface area is 263 Å². The van der Waals surface area contributed by atoms with Gasteiger partial charge in [-0.05, 0) is 55.5 Å². The number of halogens is 3. The van der Waals surface area contributed by atoms with Crippen molar-refractivity contribution in [1.82, 2.24) is 25.4 Å². The SMILES string of the molecule is CN/C(=C(\C(=O)Nc1cccc(C(F)(F)F)c1)C(=O)N[C@@H](C)c1ncc(CC[N+](C)(C)C)o1)c1ccnn1-c1ccc(C#N)cc1. The number of nitrogens with one attached hydrogen (secondary N) is 3. The van der Waals surface area contributed by atoms with Crippen LogP contribution in [0.3, 0.4) is 0 Å². The van der Waals surface area contributed by atoms with E-state index in [1.807, 2.05) is 27.2 Å². The van der Waals surface area contributed by atoms with E-state index in [0.29, 0.717) is 33.6 Å². The summed E-state index contributed by atoms with van der Waals surface area (Å²) in [6, 6.07) is 13.4. The second kappa shape index (κ2) is 13.7. The number of oxazole rings is 1. The molecule has 0 bridgehead atoms. The van der Waals surface area contributed by atoms with Crippen molar-refractivity contribution < 1.29 is 31.7 Å². The van der Waals surface area contributed by atoms with Crippen LogP contribution in [0.1, 0.15) is 41.4 Å². The van der Waals surface area contributed by atoms with Crippen LogP contribution in [0.2, 0.25) is 0 Å². The van der Waals surface area contributed by atoms with Crippen LogP contribution in [-0.2, 0) is 22.2 Å². The van der Waals surface area contributed by atoms with Gasteiger partial charge in [-0.25, -0.2) is 9.67 Å². The molecule has 4 rings (SSSR count). The number of amides is 2. The molecule has 1 atom stereocenters. The zero-order chi connectivity index (χ0) is 33.6. The molecule has 2 heterocycles. The number of anilines is 1.